The summed E-state index contributed by atoms with van der Waals surface area (Å²) in [5, 5.41) is 10.7. The molecule has 23 heavy (non-hydrogen) atoms. The zero-order chi connectivity index (χ0) is 17.0. The van der Waals surface area contributed by atoms with E-state index in [0.717, 1.165) is 24.3 Å². The van der Waals surface area contributed by atoms with Gasteiger partial charge in [0, 0.05) is 17.7 Å². The molecule has 0 unspecified atom stereocenters. The summed E-state index contributed by atoms with van der Waals surface area (Å²) in [6.45, 7) is 0. The molecule has 4 nitrogen and oxygen atoms in total. The third-order valence-electron chi connectivity index (χ3n) is 2.98. The Bertz CT molecular complexity index is 782. The highest BCUT2D eigenvalue weighted by Crippen LogP contribution is 2.29. The van der Waals surface area contributed by atoms with Crippen LogP contribution in [-0.4, -0.2) is 10.7 Å². The van der Waals surface area contributed by atoms with Crippen LogP contribution in [0.1, 0.15) is 21.5 Å². The number of halogens is 3. The highest BCUT2D eigenvalue weighted by Gasteiger charge is 2.30. The molecular weight excluding hydrogens is 311 g/mol. The van der Waals surface area contributed by atoms with Crippen molar-refractivity contribution < 1.29 is 22.9 Å². The fourth-order valence-corrected chi connectivity index (χ4v) is 1.86. The van der Waals surface area contributed by atoms with Crippen molar-refractivity contribution in [2.24, 2.45) is 0 Å². The first kappa shape index (κ1) is 16.4. The number of non-ortho nitro benzene ring substituents is 1. The molecule has 0 saturated heterocycles. The molecule has 0 aliphatic carbocycles. The monoisotopic (exact) mass is 321 g/mol. The van der Waals surface area contributed by atoms with Crippen molar-refractivity contribution in [3.8, 4) is 0 Å². The van der Waals surface area contributed by atoms with Crippen LogP contribution < -0.4 is 0 Å². The molecule has 0 N–H and O–H groups in total. The minimum Gasteiger partial charge on any atom is -0.289 e. The summed E-state index contributed by atoms with van der Waals surface area (Å²) in [4.78, 5) is 22.0. The van der Waals surface area contributed by atoms with Crippen LogP contribution in [0.15, 0.2) is 54.6 Å². The maximum absolute atomic E-state index is 12.6. The molecule has 2 aromatic rings. The summed E-state index contributed by atoms with van der Waals surface area (Å²) in [6, 6.07) is 9.62. The second kappa shape index (κ2) is 6.43. The van der Waals surface area contributed by atoms with Crippen LogP contribution in [0.25, 0.3) is 6.08 Å². The number of nitro groups is 1. The molecule has 0 radical (unpaired) electrons. The SMILES string of the molecule is O=C(/C=C/c1cccc(C(F)(F)F)c1)c1cccc([N+](=O)[O-])c1. The Morgan fingerprint density at radius 1 is 1.09 bits per heavy atom. The zero-order valence-corrected chi connectivity index (χ0v) is 11.6. The van der Waals surface area contributed by atoms with Gasteiger partial charge in [-0.2, -0.15) is 13.2 Å². The van der Waals surface area contributed by atoms with E-state index in [1.165, 1.54) is 36.4 Å². The summed E-state index contributed by atoms with van der Waals surface area (Å²) in [7, 11) is 0. The first-order chi connectivity index (χ1) is 10.8. The highest BCUT2D eigenvalue weighted by atomic mass is 19.4. The topological polar surface area (TPSA) is 60.2 Å². The number of hydrogen-bond acceptors (Lipinski definition) is 3. The van der Waals surface area contributed by atoms with E-state index in [4.69, 9.17) is 0 Å². The van der Waals surface area contributed by atoms with Gasteiger partial charge in [-0.25, -0.2) is 0 Å². The molecule has 0 aliphatic heterocycles. The van der Waals surface area contributed by atoms with Crippen molar-refractivity contribution in [3.63, 3.8) is 0 Å². The Morgan fingerprint density at radius 2 is 1.78 bits per heavy atom. The first-order valence-corrected chi connectivity index (χ1v) is 6.41. The number of benzene rings is 2. The molecule has 0 heterocycles. The molecule has 0 atom stereocenters. The van der Waals surface area contributed by atoms with Gasteiger partial charge in [-0.1, -0.05) is 30.3 Å². The number of ketones is 1. The molecule has 118 valence electrons. The van der Waals surface area contributed by atoms with Gasteiger partial charge in [0.25, 0.3) is 5.69 Å². The fraction of sp³-hybridized carbons (Fsp3) is 0.0625. The highest BCUT2D eigenvalue weighted by molar-refractivity contribution is 6.07. The summed E-state index contributed by atoms with van der Waals surface area (Å²) >= 11 is 0. The number of nitro benzene ring substituents is 1. The third kappa shape index (κ3) is 4.26. The lowest BCUT2D eigenvalue weighted by Gasteiger charge is -2.06. The van der Waals surface area contributed by atoms with E-state index in [-0.39, 0.29) is 16.8 Å². The number of rotatable bonds is 4. The van der Waals surface area contributed by atoms with E-state index in [2.05, 4.69) is 0 Å². The van der Waals surface area contributed by atoms with Crippen LogP contribution in [0, 0.1) is 10.1 Å². The molecule has 0 aromatic heterocycles. The standard InChI is InChI=1S/C16H10F3NO3/c17-16(18,19)13-5-1-3-11(9-13)7-8-15(21)12-4-2-6-14(10-12)20(22)23/h1-10H/b8-7+. The predicted octanol–water partition coefficient (Wildman–Crippen LogP) is 4.51. The van der Waals surface area contributed by atoms with Crippen molar-refractivity contribution in [2.45, 2.75) is 6.18 Å². The van der Waals surface area contributed by atoms with Crippen molar-refractivity contribution in [3.05, 3.63) is 81.4 Å². The van der Waals surface area contributed by atoms with Crippen LogP contribution in [0.2, 0.25) is 0 Å². The van der Waals surface area contributed by atoms with E-state index in [1.54, 1.807) is 0 Å². The molecule has 7 heteroatoms. The minimum atomic E-state index is -4.46. The number of nitrogens with zero attached hydrogens (tertiary/aromatic N) is 1. The van der Waals surface area contributed by atoms with Gasteiger partial charge >= 0.3 is 6.18 Å². The molecule has 0 spiro atoms. The number of alkyl halides is 3. The summed E-state index contributed by atoms with van der Waals surface area (Å²) < 4.78 is 37.8. The Morgan fingerprint density at radius 3 is 2.43 bits per heavy atom. The molecule has 2 aromatic carbocycles. The lowest BCUT2D eigenvalue weighted by molar-refractivity contribution is -0.384. The second-order valence-corrected chi connectivity index (χ2v) is 4.63. The van der Waals surface area contributed by atoms with Crippen LogP contribution >= 0.6 is 0 Å². The Kier molecular flexibility index (Phi) is 4.59. The maximum atomic E-state index is 12.6. The van der Waals surface area contributed by atoms with E-state index in [0.29, 0.717) is 0 Å². The van der Waals surface area contributed by atoms with Gasteiger partial charge in [0.15, 0.2) is 5.78 Å². The Labute approximate surface area is 129 Å². The molecular formula is C16H10F3NO3. The second-order valence-electron chi connectivity index (χ2n) is 4.63. The molecule has 0 aliphatic rings. The summed E-state index contributed by atoms with van der Waals surface area (Å²) in [5.41, 5.74) is -0.758. The van der Waals surface area contributed by atoms with Crippen LogP contribution in [0.4, 0.5) is 18.9 Å². The van der Waals surface area contributed by atoms with E-state index in [9.17, 15) is 28.1 Å². The van der Waals surface area contributed by atoms with E-state index >= 15 is 0 Å². The van der Waals surface area contributed by atoms with Crippen molar-refractivity contribution in [1.82, 2.24) is 0 Å². The van der Waals surface area contributed by atoms with Crippen molar-refractivity contribution in [2.75, 3.05) is 0 Å². The lowest BCUT2D eigenvalue weighted by atomic mass is 10.1. The number of allylic oxidation sites excluding steroid dienone is 1. The quantitative estimate of drug-likeness (QED) is 0.360. The Hall–Kier alpha value is -2.96. The lowest BCUT2D eigenvalue weighted by Crippen LogP contribution is -2.04. The van der Waals surface area contributed by atoms with Gasteiger partial charge in [-0.3, -0.25) is 14.9 Å². The minimum absolute atomic E-state index is 0.0856. The Balaban J connectivity index is 2.22. The van der Waals surface area contributed by atoms with Crippen LogP contribution in [0.3, 0.4) is 0 Å². The van der Waals surface area contributed by atoms with Gasteiger partial charge < -0.3 is 0 Å². The van der Waals surface area contributed by atoms with Crippen LogP contribution in [0.5, 0.6) is 0 Å². The largest absolute Gasteiger partial charge is 0.416 e. The average Bonchev–Trinajstić information content (AvgIpc) is 2.52. The maximum Gasteiger partial charge on any atom is 0.416 e. The van der Waals surface area contributed by atoms with Crippen molar-refractivity contribution >= 4 is 17.5 Å². The normalized spacial score (nSPS) is 11.6. The van der Waals surface area contributed by atoms with Gasteiger partial charge in [-0.15, -0.1) is 0 Å². The molecule has 0 fully saturated rings. The zero-order valence-electron chi connectivity index (χ0n) is 11.6. The molecule has 2 rings (SSSR count). The molecule has 0 saturated carbocycles. The van der Waals surface area contributed by atoms with Gasteiger partial charge in [-0.05, 0) is 23.8 Å². The summed E-state index contributed by atoms with van der Waals surface area (Å²) in [5.74, 6) is -0.536. The van der Waals surface area contributed by atoms with E-state index in [1.807, 2.05) is 0 Å². The van der Waals surface area contributed by atoms with Gasteiger partial charge in [0.2, 0.25) is 0 Å². The van der Waals surface area contributed by atoms with Gasteiger partial charge in [0.1, 0.15) is 0 Å². The van der Waals surface area contributed by atoms with Crippen LogP contribution in [-0.2, 0) is 6.18 Å². The number of hydrogen-bond donors (Lipinski definition) is 0. The van der Waals surface area contributed by atoms with Crippen molar-refractivity contribution in [1.29, 1.82) is 0 Å². The first-order valence-electron chi connectivity index (χ1n) is 6.41. The smallest absolute Gasteiger partial charge is 0.289 e. The fourth-order valence-electron chi connectivity index (χ4n) is 1.86. The van der Waals surface area contributed by atoms with Gasteiger partial charge in [0.05, 0.1) is 10.5 Å². The summed E-state index contributed by atoms with van der Waals surface area (Å²) in [6.07, 6.45) is -2.15. The third-order valence-corrected chi connectivity index (χ3v) is 2.98. The predicted molar refractivity (Wildman–Crippen MR) is 77.9 cm³/mol. The molecule has 0 amide bonds. The molecule has 0 bridgehead atoms. The van der Waals surface area contributed by atoms with E-state index < -0.39 is 22.4 Å². The number of carbonyl (C=O) groups excluding carboxylic acids is 1. The number of carbonyl (C=O) groups is 1. The average molecular weight is 321 g/mol.